The molecular weight excluding hydrogens is 390 g/mol. The van der Waals surface area contributed by atoms with Crippen LogP contribution in [0, 0.1) is 0 Å². The quantitative estimate of drug-likeness (QED) is 0.562. The lowest BCUT2D eigenvalue weighted by atomic mass is 10.2. The van der Waals surface area contributed by atoms with Gasteiger partial charge in [0, 0.05) is 12.1 Å². The van der Waals surface area contributed by atoms with Crippen molar-refractivity contribution in [2.75, 3.05) is 7.11 Å². The highest BCUT2D eigenvalue weighted by atomic mass is 16.5. The Morgan fingerprint density at radius 2 is 1.83 bits per heavy atom. The van der Waals surface area contributed by atoms with Gasteiger partial charge in [0.1, 0.15) is 12.3 Å². The van der Waals surface area contributed by atoms with Crippen molar-refractivity contribution < 1.29 is 23.5 Å². The van der Waals surface area contributed by atoms with Gasteiger partial charge in [-0.2, -0.15) is 4.68 Å². The van der Waals surface area contributed by atoms with Crippen LogP contribution >= 0.6 is 0 Å². The summed E-state index contributed by atoms with van der Waals surface area (Å²) in [6.07, 6.45) is -1.04. The van der Waals surface area contributed by atoms with Gasteiger partial charge < -0.3 is 19.2 Å². The molecule has 2 aromatic carbocycles. The number of hydrogen-bond acceptors (Lipinski definition) is 7. The Balaban J connectivity index is 1.52. The van der Waals surface area contributed by atoms with Crippen LogP contribution in [0.2, 0.25) is 0 Å². The van der Waals surface area contributed by atoms with Crippen molar-refractivity contribution in [3.05, 3.63) is 70.7 Å². The molecule has 0 saturated heterocycles. The molecule has 0 spiro atoms. The lowest BCUT2D eigenvalue weighted by molar-refractivity contribution is -0.155. The summed E-state index contributed by atoms with van der Waals surface area (Å²) in [6, 6.07) is 16.0. The molecule has 0 bridgehead atoms. The molecule has 0 radical (unpaired) electrons. The first-order valence-corrected chi connectivity index (χ1v) is 9.19. The molecule has 0 aliphatic rings. The number of esters is 1. The predicted molar refractivity (Wildman–Crippen MR) is 107 cm³/mol. The molecule has 0 unspecified atom stereocenters. The van der Waals surface area contributed by atoms with Crippen LogP contribution in [0.4, 0.5) is 0 Å². The van der Waals surface area contributed by atoms with Gasteiger partial charge in [0.05, 0.1) is 7.11 Å². The number of hydrogen-bond donors (Lipinski definition) is 1. The minimum atomic E-state index is -1.04. The monoisotopic (exact) mass is 411 g/mol. The fraction of sp³-hybridized carbons (Fsp3) is 0.238. The van der Waals surface area contributed by atoms with Gasteiger partial charge in [0.15, 0.2) is 6.10 Å². The van der Waals surface area contributed by atoms with Crippen molar-refractivity contribution in [2.24, 2.45) is 0 Å². The molecule has 0 aliphatic carbocycles. The zero-order chi connectivity index (χ0) is 21.5. The summed E-state index contributed by atoms with van der Waals surface area (Å²) in [5, 5.41) is 6.67. The summed E-state index contributed by atoms with van der Waals surface area (Å²) >= 11 is 0. The molecule has 30 heavy (non-hydrogen) atoms. The van der Waals surface area contributed by atoms with E-state index in [-0.39, 0.29) is 12.4 Å². The zero-order valence-corrected chi connectivity index (χ0v) is 16.5. The van der Waals surface area contributed by atoms with E-state index in [1.54, 1.807) is 43.5 Å². The molecule has 9 heteroatoms. The molecule has 0 fully saturated rings. The van der Waals surface area contributed by atoms with Crippen LogP contribution < -0.4 is 15.8 Å². The summed E-state index contributed by atoms with van der Waals surface area (Å²) in [7, 11) is 1.57. The second-order valence-electron chi connectivity index (χ2n) is 6.39. The lowest BCUT2D eigenvalue weighted by Crippen LogP contribution is -2.36. The van der Waals surface area contributed by atoms with Crippen LogP contribution in [0.25, 0.3) is 11.5 Å². The lowest BCUT2D eigenvalue weighted by Gasteiger charge is -2.13. The van der Waals surface area contributed by atoms with Crippen LogP contribution in [0.15, 0.2) is 63.8 Å². The first-order valence-electron chi connectivity index (χ1n) is 9.19. The van der Waals surface area contributed by atoms with Gasteiger partial charge in [0.2, 0.25) is 5.89 Å². The minimum absolute atomic E-state index is 0.0960. The van der Waals surface area contributed by atoms with E-state index in [2.05, 4.69) is 10.4 Å². The smallest absolute Gasteiger partial charge is 0.437 e. The van der Waals surface area contributed by atoms with Crippen molar-refractivity contribution in [1.82, 2.24) is 15.1 Å². The van der Waals surface area contributed by atoms with E-state index in [1.807, 2.05) is 18.2 Å². The van der Waals surface area contributed by atoms with E-state index in [0.29, 0.717) is 11.3 Å². The summed E-state index contributed by atoms with van der Waals surface area (Å²) in [5.74, 6) is -1.22. The van der Waals surface area contributed by atoms with Gasteiger partial charge in [-0.3, -0.25) is 9.59 Å². The fourth-order valence-corrected chi connectivity index (χ4v) is 2.59. The molecule has 1 atom stereocenters. The molecule has 1 N–H and O–H groups in total. The third kappa shape index (κ3) is 5.34. The number of carbonyl (C=O) groups excluding carboxylic acids is 2. The summed E-state index contributed by atoms with van der Waals surface area (Å²) in [5.41, 5.74) is 1.47. The highest BCUT2D eigenvalue weighted by Crippen LogP contribution is 2.14. The van der Waals surface area contributed by atoms with Gasteiger partial charge in [-0.1, -0.05) is 30.3 Å². The molecule has 0 aliphatic heterocycles. The van der Waals surface area contributed by atoms with Crippen molar-refractivity contribution >= 4 is 11.9 Å². The number of benzene rings is 2. The van der Waals surface area contributed by atoms with Crippen molar-refractivity contribution in [3.63, 3.8) is 0 Å². The predicted octanol–water partition coefficient (Wildman–Crippen LogP) is 1.76. The Labute approximate surface area is 172 Å². The van der Waals surface area contributed by atoms with E-state index >= 15 is 0 Å². The Hall–Kier alpha value is -3.88. The normalized spacial score (nSPS) is 11.5. The van der Waals surface area contributed by atoms with E-state index in [9.17, 15) is 14.4 Å². The fourth-order valence-electron chi connectivity index (χ4n) is 2.59. The number of carbonyl (C=O) groups is 2. The number of nitrogens with zero attached hydrogens (tertiary/aromatic N) is 2. The van der Waals surface area contributed by atoms with Crippen LogP contribution in [0.5, 0.6) is 5.75 Å². The minimum Gasteiger partial charge on any atom is -0.497 e. The van der Waals surface area contributed by atoms with Crippen LogP contribution in [-0.2, 0) is 27.4 Å². The Morgan fingerprint density at radius 1 is 1.13 bits per heavy atom. The number of methoxy groups -OCH3 is 1. The SMILES string of the molecule is COc1ccc(CNC(=O)[C@@H](C)OC(=O)Cn2nc(-c3ccccc3)oc2=O)cc1. The number of amides is 1. The molecule has 0 saturated carbocycles. The molecule has 1 heterocycles. The number of nitrogens with one attached hydrogen (secondary N) is 1. The Bertz CT molecular complexity index is 1060. The standard InChI is InChI=1S/C21H21N3O6/c1-14(19(26)22-12-15-8-10-17(28-2)11-9-15)29-18(25)13-24-21(27)30-20(23-24)16-6-4-3-5-7-16/h3-11,14H,12-13H2,1-2H3,(H,22,26)/t14-/m1/s1. The summed E-state index contributed by atoms with van der Waals surface area (Å²) in [4.78, 5) is 36.2. The van der Waals surface area contributed by atoms with Gasteiger partial charge >= 0.3 is 11.7 Å². The van der Waals surface area contributed by atoms with Crippen LogP contribution in [0.3, 0.4) is 0 Å². The topological polar surface area (TPSA) is 113 Å². The molecular formula is C21H21N3O6. The highest BCUT2D eigenvalue weighted by Gasteiger charge is 2.20. The van der Waals surface area contributed by atoms with Gasteiger partial charge in [-0.15, -0.1) is 5.10 Å². The molecule has 3 aromatic rings. The van der Waals surface area contributed by atoms with Crippen molar-refractivity contribution in [2.45, 2.75) is 26.1 Å². The number of aromatic nitrogens is 2. The van der Waals surface area contributed by atoms with E-state index in [0.717, 1.165) is 10.2 Å². The Morgan fingerprint density at radius 3 is 2.50 bits per heavy atom. The molecule has 156 valence electrons. The number of rotatable bonds is 8. The maximum Gasteiger partial charge on any atom is 0.437 e. The molecule has 9 nitrogen and oxygen atoms in total. The average molecular weight is 411 g/mol. The molecule has 3 rings (SSSR count). The third-order valence-corrected chi connectivity index (χ3v) is 4.21. The highest BCUT2D eigenvalue weighted by molar-refractivity contribution is 5.83. The van der Waals surface area contributed by atoms with Gasteiger partial charge in [-0.05, 0) is 36.8 Å². The zero-order valence-electron chi connectivity index (χ0n) is 16.5. The first-order chi connectivity index (χ1) is 14.5. The third-order valence-electron chi connectivity index (χ3n) is 4.21. The number of ether oxygens (including phenoxy) is 2. The van der Waals surface area contributed by atoms with Crippen molar-refractivity contribution in [1.29, 1.82) is 0 Å². The summed E-state index contributed by atoms with van der Waals surface area (Å²) < 4.78 is 16.1. The maximum atomic E-state index is 12.2. The largest absolute Gasteiger partial charge is 0.497 e. The second kappa shape index (κ2) is 9.55. The average Bonchev–Trinajstić information content (AvgIpc) is 3.13. The van der Waals surface area contributed by atoms with Gasteiger partial charge in [-0.25, -0.2) is 4.79 Å². The van der Waals surface area contributed by atoms with E-state index < -0.39 is 30.3 Å². The van der Waals surface area contributed by atoms with Gasteiger partial charge in [0.25, 0.3) is 5.91 Å². The first kappa shape index (κ1) is 20.8. The van der Waals surface area contributed by atoms with Crippen LogP contribution in [0.1, 0.15) is 12.5 Å². The molecule has 1 amide bonds. The second-order valence-corrected chi connectivity index (χ2v) is 6.39. The van der Waals surface area contributed by atoms with E-state index in [1.165, 1.54) is 6.92 Å². The maximum absolute atomic E-state index is 12.2. The Kier molecular flexibility index (Phi) is 6.63. The summed E-state index contributed by atoms with van der Waals surface area (Å²) in [6.45, 7) is 1.25. The van der Waals surface area contributed by atoms with Crippen molar-refractivity contribution in [3.8, 4) is 17.2 Å². The molecule has 1 aromatic heterocycles. The van der Waals surface area contributed by atoms with E-state index in [4.69, 9.17) is 13.9 Å². The van der Waals surface area contributed by atoms with Crippen LogP contribution in [-0.4, -0.2) is 34.9 Å².